The van der Waals surface area contributed by atoms with Crippen molar-refractivity contribution in [3.8, 4) is 0 Å². The molecule has 6 nitrogen and oxygen atoms in total. The normalized spacial score (nSPS) is 26.0. The largest absolute Gasteiger partial charge is 0.350 e. The number of hydrogen-bond acceptors (Lipinski definition) is 3. The van der Waals surface area contributed by atoms with Crippen LogP contribution in [-0.4, -0.2) is 34.8 Å². The standard InChI is InChI=1S/C18H22ClN3O3/c1-12-5-7-18(8-6-12)16(24)22(17(25)21-18)11-15(23)20-10-13-3-2-4-14(19)9-13/h2-4,9,12H,5-8,10-11H2,1H3,(H,20,23)(H,21,25). The predicted octanol–water partition coefficient (Wildman–Crippen LogP) is 2.46. The van der Waals surface area contributed by atoms with Gasteiger partial charge >= 0.3 is 6.03 Å². The summed E-state index contributed by atoms with van der Waals surface area (Å²) in [5, 5.41) is 6.13. The third-order valence-electron chi connectivity index (χ3n) is 5.05. The zero-order valence-corrected chi connectivity index (χ0v) is 14.9. The van der Waals surface area contributed by atoms with Crippen LogP contribution in [-0.2, 0) is 16.1 Å². The lowest BCUT2D eigenvalue weighted by Gasteiger charge is -2.33. The van der Waals surface area contributed by atoms with Crippen molar-refractivity contribution in [2.24, 2.45) is 5.92 Å². The molecule has 1 aliphatic heterocycles. The van der Waals surface area contributed by atoms with E-state index in [1.165, 1.54) is 0 Å². The first-order chi connectivity index (χ1) is 11.9. The Morgan fingerprint density at radius 2 is 2.08 bits per heavy atom. The molecule has 134 valence electrons. The number of benzene rings is 1. The van der Waals surface area contributed by atoms with Crippen LogP contribution in [0, 0.1) is 5.92 Å². The quantitative estimate of drug-likeness (QED) is 0.806. The molecule has 0 bridgehead atoms. The summed E-state index contributed by atoms with van der Waals surface area (Å²) >= 11 is 5.91. The van der Waals surface area contributed by atoms with E-state index in [0.717, 1.165) is 23.3 Å². The maximum atomic E-state index is 12.7. The highest BCUT2D eigenvalue weighted by Crippen LogP contribution is 2.36. The van der Waals surface area contributed by atoms with Gasteiger partial charge in [0.2, 0.25) is 5.91 Å². The number of halogens is 1. The number of imide groups is 1. The molecule has 1 saturated carbocycles. The molecule has 1 aliphatic carbocycles. The fraction of sp³-hybridized carbons (Fsp3) is 0.500. The van der Waals surface area contributed by atoms with Crippen LogP contribution in [0.3, 0.4) is 0 Å². The second-order valence-electron chi connectivity index (χ2n) is 6.99. The molecule has 0 unspecified atom stereocenters. The van der Waals surface area contributed by atoms with E-state index < -0.39 is 11.6 Å². The zero-order valence-electron chi connectivity index (χ0n) is 14.2. The topological polar surface area (TPSA) is 78.5 Å². The molecular weight excluding hydrogens is 342 g/mol. The lowest BCUT2D eigenvalue weighted by Crippen LogP contribution is -2.49. The highest BCUT2D eigenvalue weighted by molar-refractivity contribution is 6.30. The SMILES string of the molecule is CC1CCC2(CC1)NC(=O)N(CC(=O)NCc1cccc(Cl)c1)C2=O. The maximum absolute atomic E-state index is 12.7. The van der Waals surface area contributed by atoms with Gasteiger partial charge in [-0.1, -0.05) is 30.7 Å². The molecule has 1 heterocycles. The number of rotatable bonds is 4. The number of carbonyl (C=O) groups excluding carboxylic acids is 3. The minimum absolute atomic E-state index is 0.261. The van der Waals surface area contributed by atoms with Crippen molar-refractivity contribution in [3.63, 3.8) is 0 Å². The fourth-order valence-corrected chi connectivity index (χ4v) is 3.67. The summed E-state index contributed by atoms with van der Waals surface area (Å²) in [5.74, 6) is -0.0858. The molecule has 1 saturated heterocycles. The average molecular weight is 364 g/mol. The van der Waals surface area contributed by atoms with Gasteiger partial charge in [0.15, 0.2) is 0 Å². The van der Waals surface area contributed by atoms with Crippen molar-refractivity contribution in [1.82, 2.24) is 15.5 Å². The number of nitrogens with zero attached hydrogens (tertiary/aromatic N) is 1. The minimum Gasteiger partial charge on any atom is -0.350 e. The van der Waals surface area contributed by atoms with E-state index in [2.05, 4.69) is 17.6 Å². The Bertz CT molecular complexity index is 699. The van der Waals surface area contributed by atoms with E-state index in [0.29, 0.717) is 30.3 Å². The van der Waals surface area contributed by atoms with E-state index in [9.17, 15) is 14.4 Å². The van der Waals surface area contributed by atoms with E-state index in [1.54, 1.807) is 18.2 Å². The number of urea groups is 1. The fourth-order valence-electron chi connectivity index (χ4n) is 3.46. The van der Waals surface area contributed by atoms with Gasteiger partial charge in [0.05, 0.1) is 0 Å². The smallest absolute Gasteiger partial charge is 0.325 e. The molecule has 2 fully saturated rings. The third-order valence-corrected chi connectivity index (χ3v) is 5.29. The van der Waals surface area contributed by atoms with Gasteiger partial charge in [0.25, 0.3) is 5.91 Å². The molecule has 1 spiro atoms. The van der Waals surface area contributed by atoms with Crippen molar-refractivity contribution >= 4 is 29.4 Å². The van der Waals surface area contributed by atoms with Crippen molar-refractivity contribution in [3.05, 3.63) is 34.9 Å². The van der Waals surface area contributed by atoms with Crippen molar-refractivity contribution < 1.29 is 14.4 Å². The van der Waals surface area contributed by atoms with Crippen LogP contribution in [0.5, 0.6) is 0 Å². The Morgan fingerprint density at radius 1 is 1.36 bits per heavy atom. The van der Waals surface area contributed by atoms with E-state index in [4.69, 9.17) is 11.6 Å². The van der Waals surface area contributed by atoms with Gasteiger partial charge in [-0.15, -0.1) is 0 Å². The number of carbonyl (C=O) groups is 3. The first-order valence-corrected chi connectivity index (χ1v) is 8.93. The lowest BCUT2D eigenvalue weighted by molar-refractivity contribution is -0.136. The third kappa shape index (κ3) is 3.79. The molecule has 3 rings (SSSR count). The van der Waals surface area contributed by atoms with Crippen LogP contribution in [0.2, 0.25) is 5.02 Å². The van der Waals surface area contributed by atoms with Crippen LogP contribution >= 0.6 is 11.6 Å². The van der Waals surface area contributed by atoms with Crippen LogP contribution in [0.4, 0.5) is 4.79 Å². The second kappa shape index (κ2) is 7.04. The monoisotopic (exact) mass is 363 g/mol. The zero-order chi connectivity index (χ0) is 18.0. The van der Waals surface area contributed by atoms with Crippen LogP contribution in [0.25, 0.3) is 0 Å². The summed E-state index contributed by atoms with van der Waals surface area (Å²) in [6, 6.07) is 6.68. The van der Waals surface area contributed by atoms with Gasteiger partial charge in [-0.3, -0.25) is 14.5 Å². The second-order valence-corrected chi connectivity index (χ2v) is 7.43. The van der Waals surface area contributed by atoms with Crippen molar-refractivity contribution in [2.75, 3.05) is 6.54 Å². The summed E-state index contributed by atoms with van der Waals surface area (Å²) < 4.78 is 0. The molecule has 2 N–H and O–H groups in total. The van der Waals surface area contributed by atoms with Gasteiger partial charge in [0, 0.05) is 11.6 Å². The van der Waals surface area contributed by atoms with E-state index in [1.807, 2.05) is 6.07 Å². The molecule has 0 radical (unpaired) electrons. The van der Waals surface area contributed by atoms with E-state index >= 15 is 0 Å². The summed E-state index contributed by atoms with van der Waals surface area (Å²) in [6.07, 6.45) is 3.08. The first kappa shape index (κ1) is 17.7. The molecule has 0 atom stereocenters. The molecule has 2 aliphatic rings. The highest BCUT2D eigenvalue weighted by Gasteiger charge is 2.52. The van der Waals surface area contributed by atoms with Gasteiger partial charge < -0.3 is 10.6 Å². The van der Waals surface area contributed by atoms with Gasteiger partial charge in [-0.2, -0.15) is 0 Å². The highest BCUT2D eigenvalue weighted by atomic mass is 35.5. The number of nitrogens with one attached hydrogen (secondary N) is 2. The number of amides is 4. The average Bonchev–Trinajstić information content (AvgIpc) is 2.80. The Morgan fingerprint density at radius 3 is 2.76 bits per heavy atom. The Balaban J connectivity index is 1.58. The summed E-state index contributed by atoms with van der Waals surface area (Å²) in [7, 11) is 0. The summed E-state index contributed by atoms with van der Waals surface area (Å²) in [5.41, 5.74) is 0.0485. The maximum Gasteiger partial charge on any atom is 0.325 e. The van der Waals surface area contributed by atoms with E-state index in [-0.39, 0.29) is 18.4 Å². The molecule has 0 aromatic heterocycles. The molecule has 4 amide bonds. The van der Waals surface area contributed by atoms with Gasteiger partial charge in [-0.05, 0) is 49.3 Å². The molecule has 1 aromatic rings. The van der Waals surface area contributed by atoms with Crippen molar-refractivity contribution in [2.45, 2.75) is 44.7 Å². The van der Waals surface area contributed by atoms with Crippen LogP contribution < -0.4 is 10.6 Å². The van der Waals surface area contributed by atoms with Crippen molar-refractivity contribution in [1.29, 1.82) is 0 Å². The minimum atomic E-state index is -0.809. The Kier molecular flexibility index (Phi) is 4.99. The van der Waals surface area contributed by atoms with Gasteiger partial charge in [0.1, 0.15) is 12.1 Å². The van der Waals surface area contributed by atoms with Gasteiger partial charge in [-0.25, -0.2) is 4.79 Å². The number of hydrogen-bond donors (Lipinski definition) is 2. The lowest BCUT2D eigenvalue weighted by atomic mass is 9.77. The predicted molar refractivity (Wildman–Crippen MR) is 93.9 cm³/mol. The van der Waals surface area contributed by atoms with Crippen LogP contribution in [0.15, 0.2) is 24.3 Å². The first-order valence-electron chi connectivity index (χ1n) is 8.55. The molecule has 7 heteroatoms. The van der Waals surface area contributed by atoms with Crippen LogP contribution in [0.1, 0.15) is 38.2 Å². The summed E-state index contributed by atoms with van der Waals surface area (Å²) in [6.45, 7) is 2.18. The molecule has 1 aromatic carbocycles. The molecular formula is C18H22ClN3O3. The molecule has 25 heavy (non-hydrogen) atoms. The Hall–Kier alpha value is -2.08. The Labute approximate surface area is 151 Å². The summed E-state index contributed by atoms with van der Waals surface area (Å²) in [4.78, 5) is 38.1.